The van der Waals surface area contributed by atoms with Crippen LogP contribution in [0.25, 0.3) is 17.1 Å². The summed E-state index contributed by atoms with van der Waals surface area (Å²) in [4.78, 5) is 26.7. The van der Waals surface area contributed by atoms with Gasteiger partial charge in [0.05, 0.1) is 12.2 Å². The van der Waals surface area contributed by atoms with Gasteiger partial charge < -0.3 is 9.42 Å². The number of para-hydroxylation sites is 1. The number of benzene rings is 2. The number of piperazine rings is 1. The number of nitrogens with zero attached hydrogens (tertiary/aromatic N) is 6. The molecule has 2 aromatic heterocycles. The van der Waals surface area contributed by atoms with Gasteiger partial charge in [-0.2, -0.15) is 4.98 Å². The molecule has 4 aromatic rings. The van der Waals surface area contributed by atoms with Gasteiger partial charge in [0.1, 0.15) is 5.69 Å². The van der Waals surface area contributed by atoms with E-state index in [4.69, 9.17) is 4.52 Å². The largest absolute Gasteiger partial charge is 0.337 e. The maximum absolute atomic E-state index is 13.5. The van der Waals surface area contributed by atoms with Crippen LogP contribution >= 0.6 is 11.8 Å². The summed E-state index contributed by atoms with van der Waals surface area (Å²) in [7, 11) is 0. The van der Waals surface area contributed by atoms with Crippen molar-refractivity contribution >= 4 is 17.7 Å². The van der Waals surface area contributed by atoms with E-state index in [2.05, 4.69) is 33.9 Å². The van der Waals surface area contributed by atoms with E-state index in [-0.39, 0.29) is 11.9 Å². The molecule has 1 aliphatic heterocycles. The second-order valence-electron chi connectivity index (χ2n) is 8.63. The number of thioether (sulfide) groups is 1. The number of rotatable bonds is 6. The van der Waals surface area contributed by atoms with Crippen LogP contribution in [0, 0.1) is 6.92 Å². The zero-order valence-corrected chi connectivity index (χ0v) is 20.9. The fourth-order valence-electron chi connectivity index (χ4n) is 4.31. The van der Waals surface area contributed by atoms with Gasteiger partial charge in [0, 0.05) is 37.4 Å². The number of hydrogen-bond acceptors (Lipinski definition) is 7. The quantitative estimate of drug-likeness (QED) is 0.371. The van der Waals surface area contributed by atoms with Crippen molar-refractivity contribution in [3.63, 3.8) is 0 Å². The summed E-state index contributed by atoms with van der Waals surface area (Å²) in [6, 6.07) is 17.9. The van der Waals surface area contributed by atoms with Crippen molar-refractivity contribution in [2.75, 3.05) is 32.4 Å². The van der Waals surface area contributed by atoms with Crippen LogP contribution in [0.4, 0.5) is 0 Å². The second kappa shape index (κ2) is 10.1. The molecule has 3 heterocycles. The fourth-order valence-corrected chi connectivity index (χ4v) is 4.86. The Kier molecular flexibility index (Phi) is 6.70. The van der Waals surface area contributed by atoms with Crippen molar-refractivity contribution in [2.24, 2.45) is 0 Å². The SMILES string of the molecule is CSc1ncc(C(=O)N2CCN(C(C)c3nc(-c4ccc(C)cc4)no3)CC2)n1-c1ccccc1. The van der Waals surface area contributed by atoms with Crippen LogP contribution in [0.1, 0.15) is 34.9 Å². The molecule has 1 atom stereocenters. The predicted molar refractivity (Wildman–Crippen MR) is 136 cm³/mol. The van der Waals surface area contributed by atoms with E-state index in [9.17, 15) is 4.79 Å². The van der Waals surface area contributed by atoms with Crippen molar-refractivity contribution in [3.8, 4) is 17.1 Å². The summed E-state index contributed by atoms with van der Waals surface area (Å²) >= 11 is 1.53. The molecule has 0 aliphatic carbocycles. The first-order valence-corrected chi connectivity index (χ1v) is 12.9. The minimum atomic E-state index is -0.0307. The molecule has 0 spiro atoms. The Morgan fingerprint density at radius 3 is 2.43 bits per heavy atom. The molecule has 0 radical (unpaired) electrons. The molecule has 1 amide bonds. The number of aryl methyl sites for hydroxylation is 1. The first kappa shape index (κ1) is 23.3. The maximum atomic E-state index is 13.5. The van der Waals surface area contributed by atoms with Crippen molar-refractivity contribution in [3.05, 3.63) is 77.9 Å². The van der Waals surface area contributed by atoms with Crippen molar-refractivity contribution < 1.29 is 9.32 Å². The molecule has 5 rings (SSSR count). The number of imidazole rings is 1. The third-order valence-electron chi connectivity index (χ3n) is 6.40. The van der Waals surface area contributed by atoms with Gasteiger partial charge in [-0.15, -0.1) is 0 Å². The lowest BCUT2D eigenvalue weighted by Gasteiger charge is -2.36. The van der Waals surface area contributed by atoms with E-state index in [1.165, 1.54) is 17.3 Å². The summed E-state index contributed by atoms with van der Waals surface area (Å²) in [6.45, 7) is 6.82. The van der Waals surface area contributed by atoms with Crippen LogP contribution in [0.2, 0.25) is 0 Å². The standard InChI is InChI=1S/C26H28N6O2S/c1-18-9-11-20(12-10-18)23-28-24(34-29-23)19(2)30-13-15-31(16-14-30)25(33)22-17-27-26(35-3)32(22)21-7-5-4-6-8-21/h4-12,17,19H,13-16H2,1-3H3. The molecule has 0 bridgehead atoms. The number of hydrogen-bond donors (Lipinski definition) is 0. The topological polar surface area (TPSA) is 80.3 Å². The number of amides is 1. The molecule has 1 saturated heterocycles. The smallest absolute Gasteiger partial charge is 0.272 e. The van der Waals surface area contributed by atoms with E-state index >= 15 is 0 Å². The van der Waals surface area contributed by atoms with Gasteiger partial charge in [-0.3, -0.25) is 14.3 Å². The molecular formula is C26H28N6O2S. The molecule has 9 heteroatoms. The van der Waals surface area contributed by atoms with E-state index in [1.54, 1.807) is 6.20 Å². The molecule has 1 aliphatic rings. The maximum Gasteiger partial charge on any atom is 0.272 e. The molecule has 35 heavy (non-hydrogen) atoms. The van der Waals surface area contributed by atoms with Gasteiger partial charge in [-0.1, -0.05) is 64.9 Å². The van der Waals surface area contributed by atoms with Crippen LogP contribution in [-0.4, -0.2) is 67.8 Å². The summed E-state index contributed by atoms with van der Waals surface area (Å²) in [5.74, 6) is 1.18. The van der Waals surface area contributed by atoms with Crippen LogP contribution in [-0.2, 0) is 0 Å². The molecule has 0 saturated carbocycles. The van der Waals surface area contributed by atoms with Gasteiger partial charge >= 0.3 is 0 Å². The first-order valence-electron chi connectivity index (χ1n) is 11.7. The van der Waals surface area contributed by atoms with Crippen LogP contribution in [0.3, 0.4) is 0 Å². The Bertz CT molecular complexity index is 1290. The normalized spacial score (nSPS) is 15.3. The molecule has 0 N–H and O–H groups in total. The zero-order valence-electron chi connectivity index (χ0n) is 20.1. The highest BCUT2D eigenvalue weighted by molar-refractivity contribution is 7.98. The van der Waals surface area contributed by atoms with Crippen molar-refractivity contribution in [1.82, 2.24) is 29.5 Å². The highest BCUT2D eigenvalue weighted by atomic mass is 32.2. The fraction of sp³-hybridized carbons (Fsp3) is 0.308. The summed E-state index contributed by atoms with van der Waals surface area (Å²) in [5, 5.41) is 4.97. The third-order valence-corrected chi connectivity index (χ3v) is 7.06. The van der Waals surface area contributed by atoms with Gasteiger partial charge in [-0.25, -0.2) is 4.98 Å². The monoisotopic (exact) mass is 488 g/mol. The lowest BCUT2D eigenvalue weighted by Crippen LogP contribution is -2.49. The third kappa shape index (κ3) is 4.74. The Balaban J connectivity index is 1.26. The highest BCUT2D eigenvalue weighted by Gasteiger charge is 2.30. The van der Waals surface area contributed by atoms with Crippen LogP contribution < -0.4 is 0 Å². The number of carbonyl (C=O) groups is 1. The van der Waals surface area contributed by atoms with Crippen molar-refractivity contribution in [2.45, 2.75) is 25.0 Å². The lowest BCUT2D eigenvalue weighted by molar-refractivity contribution is 0.0544. The van der Waals surface area contributed by atoms with Gasteiger partial charge in [0.2, 0.25) is 11.7 Å². The molecular weight excluding hydrogens is 460 g/mol. The predicted octanol–water partition coefficient (Wildman–Crippen LogP) is 4.47. The second-order valence-corrected chi connectivity index (χ2v) is 9.40. The van der Waals surface area contributed by atoms with Gasteiger partial charge in [0.25, 0.3) is 5.91 Å². The summed E-state index contributed by atoms with van der Waals surface area (Å²) in [6.07, 6.45) is 3.65. The molecule has 2 aromatic carbocycles. The minimum absolute atomic E-state index is 0.00611. The molecule has 1 fully saturated rings. The Labute approximate surface area is 209 Å². The average molecular weight is 489 g/mol. The average Bonchev–Trinajstić information content (AvgIpc) is 3.57. The van der Waals surface area contributed by atoms with E-state index < -0.39 is 0 Å². The molecule has 8 nitrogen and oxygen atoms in total. The summed E-state index contributed by atoms with van der Waals surface area (Å²) < 4.78 is 7.53. The number of aromatic nitrogens is 4. The van der Waals surface area contributed by atoms with Crippen LogP contribution in [0.5, 0.6) is 0 Å². The van der Waals surface area contributed by atoms with E-state index in [0.717, 1.165) is 29.5 Å². The Morgan fingerprint density at radius 2 is 1.74 bits per heavy atom. The zero-order chi connectivity index (χ0) is 24.4. The van der Waals surface area contributed by atoms with Crippen LogP contribution in [0.15, 0.2) is 70.5 Å². The van der Waals surface area contributed by atoms with Gasteiger partial charge in [0.15, 0.2) is 5.16 Å². The first-order chi connectivity index (χ1) is 17.0. The molecule has 1 unspecified atom stereocenters. The number of carbonyl (C=O) groups excluding carboxylic acids is 1. The highest BCUT2D eigenvalue weighted by Crippen LogP contribution is 2.26. The van der Waals surface area contributed by atoms with E-state index in [1.807, 2.05) is 70.3 Å². The van der Waals surface area contributed by atoms with Gasteiger partial charge in [-0.05, 0) is 32.2 Å². The Morgan fingerprint density at radius 1 is 1.03 bits per heavy atom. The lowest BCUT2D eigenvalue weighted by atomic mass is 10.1. The van der Waals surface area contributed by atoms with E-state index in [0.29, 0.717) is 30.5 Å². The minimum Gasteiger partial charge on any atom is -0.337 e. The van der Waals surface area contributed by atoms with Crippen molar-refractivity contribution in [1.29, 1.82) is 0 Å². The Hall–Kier alpha value is -3.43. The summed E-state index contributed by atoms with van der Waals surface area (Å²) in [5.41, 5.74) is 3.65. The molecule has 180 valence electrons.